The Labute approximate surface area is 150 Å². The van der Waals surface area contributed by atoms with Gasteiger partial charge in [0.05, 0.1) is 31.6 Å². The van der Waals surface area contributed by atoms with Crippen LogP contribution in [-0.2, 0) is 4.74 Å². The van der Waals surface area contributed by atoms with Crippen LogP contribution >= 0.6 is 0 Å². The molecule has 6 nitrogen and oxygen atoms in total. The number of ether oxygens (including phenoxy) is 3. The quantitative estimate of drug-likeness (QED) is 0.441. The monoisotopic (exact) mass is 350 g/mol. The third kappa shape index (κ3) is 5.53. The van der Waals surface area contributed by atoms with E-state index in [-0.39, 0.29) is 0 Å². The first-order valence-electron chi connectivity index (χ1n) is 9.05. The van der Waals surface area contributed by atoms with E-state index in [1.807, 2.05) is 0 Å². The zero-order valence-electron chi connectivity index (χ0n) is 15.5. The van der Waals surface area contributed by atoms with E-state index in [9.17, 15) is 4.79 Å². The molecule has 0 spiro atoms. The van der Waals surface area contributed by atoms with Gasteiger partial charge in [-0.1, -0.05) is 6.92 Å². The normalized spacial score (nSPS) is 15.8. The van der Waals surface area contributed by atoms with Crippen molar-refractivity contribution < 1.29 is 19.0 Å². The van der Waals surface area contributed by atoms with E-state index in [2.05, 4.69) is 11.8 Å². The number of likely N-dealkylation sites (tertiary alicyclic amines) is 1. The minimum absolute atomic E-state index is 0.300. The maximum absolute atomic E-state index is 11.9. The number of rotatable bonds is 8. The molecule has 1 heterocycles. The minimum Gasteiger partial charge on any atom is -0.493 e. The molecule has 0 saturated carbocycles. The second kappa shape index (κ2) is 9.51. The molecule has 0 aromatic heterocycles. The Morgan fingerprint density at radius 1 is 1.28 bits per heavy atom. The van der Waals surface area contributed by atoms with Crippen LogP contribution in [0.1, 0.15) is 43.5 Å². The molecule has 0 amide bonds. The van der Waals surface area contributed by atoms with Gasteiger partial charge in [0.15, 0.2) is 11.5 Å². The fourth-order valence-electron chi connectivity index (χ4n) is 2.99. The van der Waals surface area contributed by atoms with Crippen molar-refractivity contribution in [1.29, 1.82) is 0 Å². The van der Waals surface area contributed by atoms with Crippen LogP contribution in [0.3, 0.4) is 0 Å². The van der Waals surface area contributed by atoms with Crippen LogP contribution in [0.15, 0.2) is 12.1 Å². The molecular weight excluding hydrogens is 320 g/mol. The first kappa shape index (κ1) is 19.4. The van der Waals surface area contributed by atoms with Gasteiger partial charge in [-0.15, -0.1) is 0 Å². The largest absolute Gasteiger partial charge is 0.493 e. The van der Waals surface area contributed by atoms with Crippen molar-refractivity contribution in [3.8, 4) is 11.5 Å². The molecule has 0 atom stereocenters. The lowest BCUT2D eigenvalue weighted by Crippen LogP contribution is -2.34. The molecule has 6 heteroatoms. The number of carbonyl (C=O) groups excluding carboxylic acids is 1. The lowest BCUT2D eigenvalue weighted by molar-refractivity contribution is 0.0527. The van der Waals surface area contributed by atoms with Crippen molar-refractivity contribution in [2.45, 2.75) is 33.1 Å². The zero-order valence-corrected chi connectivity index (χ0v) is 15.5. The highest BCUT2D eigenvalue weighted by Crippen LogP contribution is 2.32. The molecule has 0 bridgehead atoms. The zero-order chi connectivity index (χ0) is 18.2. The van der Waals surface area contributed by atoms with Gasteiger partial charge < -0.3 is 24.8 Å². The molecule has 25 heavy (non-hydrogen) atoms. The van der Waals surface area contributed by atoms with Crippen molar-refractivity contribution in [2.75, 3.05) is 45.7 Å². The summed E-state index contributed by atoms with van der Waals surface area (Å²) in [5.41, 5.74) is 6.60. The predicted octanol–water partition coefficient (Wildman–Crippen LogP) is 2.95. The Morgan fingerprint density at radius 3 is 2.64 bits per heavy atom. The third-order valence-corrected chi connectivity index (χ3v) is 4.58. The van der Waals surface area contributed by atoms with Crippen LogP contribution < -0.4 is 15.2 Å². The van der Waals surface area contributed by atoms with Crippen molar-refractivity contribution in [3.63, 3.8) is 0 Å². The van der Waals surface area contributed by atoms with E-state index < -0.39 is 5.97 Å². The number of hydrogen-bond acceptors (Lipinski definition) is 6. The lowest BCUT2D eigenvalue weighted by Gasteiger charge is -2.30. The predicted molar refractivity (Wildman–Crippen MR) is 98.3 cm³/mol. The van der Waals surface area contributed by atoms with Crippen LogP contribution in [0.2, 0.25) is 0 Å². The van der Waals surface area contributed by atoms with Gasteiger partial charge in [0.1, 0.15) is 0 Å². The molecule has 0 aliphatic carbocycles. The number of anilines is 1. The van der Waals surface area contributed by atoms with Gasteiger partial charge in [0.25, 0.3) is 0 Å². The van der Waals surface area contributed by atoms with Gasteiger partial charge in [-0.05, 0) is 45.2 Å². The molecule has 0 radical (unpaired) electrons. The molecule has 1 saturated heterocycles. The van der Waals surface area contributed by atoms with Crippen molar-refractivity contribution >= 4 is 11.7 Å². The van der Waals surface area contributed by atoms with E-state index in [4.69, 9.17) is 19.9 Å². The summed E-state index contributed by atoms with van der Waals surface area (Å²) < 4.78 is 16.2. The molecule has 2 N–H and O–H groups in total. The first-order chi connectivity index (χ1) is 12.0. The Kier molecular flexibility index (Phi) is 7.37. The number of benzene rings is 1. The molecule has 1 fully saturated rings. The summed E-state index contributed by atoms with van der Waals surface area (Å²) in [6.45, 7) is 8.33. The highest BCUT2D eigenvalue weighted by Gasteiger charge is 2.17. The molecule has 1 aromatic rings. The van der Waals surface area contributed by atoms with E-state index in [0.717, 1.165) is 18.9 Å². The number of methoxy groups -OCH3 is 1. The number of nitrogens with two attached hydrogens (primary N) is 1. The fourth-order valence-corrected chi connectivity index (χ4v) is 2.99. The van der Waals surface area contributed by atoms with E-state index >= 15 is 0 Å². The second-order valence-corrected chi connectivity index (χ2v) is 6.54. The Hall–Kier alpha value is -1.95. The van der Waals surface area contributed by atoms with Gasteiger partial charge in [-0.3, -0.25) is 0 Å². The van der Waals surface area contributed by atoms with E-state index in [1.54, 1.807) is 26.2 Å². The number of nitrogen functional groups attached to an aromatic ring is 1. The molecule has 0 unspecified atom stereocenters. The summed E-state index contributed by atoms with van der Waals surface area (Å²) in [7, 11) is 1.54. The summed E-state index contributed by atoms with van der Waals surface area (Å²) in [6.07, 6.45) is 3.50. The van der Waals surface area contributed by atoms with Gasteiger partial charge in [-0.25, -0.2) is 4.79 Å². The van der Waals surface area contributed by atoms with Crippen LogP contribution in [0.5, 0.6) is 11.5 Å². The molecule has 140 valence electrons. The molecule has 2 rings (SSSR count). The van der Waals surface area contributed by atoms with Gasteiger partial charge >= 0.3 is 5.97 Å². The summed E-state index contributed by atoms with van der Waals surface area (Å²) in [4.78, 5) is 14.4. The van der Waals surface area contributed by atoms with Crippen molar-refractivity contribution in [2.24, 2.45) is 5.92 Å². The van der Waals surface area contributed by atoms with Crippen LogP contribution in [0, 0.1) is 5.92 Å². The SMILES string of the molecule is CCOC(=O)c1cc(OC)c(OCCCN2CCC(C)CC2)cc1N. The van der Waals surface area contributed by atoms with Crippen molar-refractivity contribution in [3.05, 3.63) is 17.7 Å². The van der Waals surface area contributed by atoms with Crippen LogP contribution in [0.25, 0.3) is 0 Å². The molecule has 1 aliphatic heterocycles. The second-order valence-electron chi connectivity index (χ2n) is 6.54. The van der Waals surface area contributed by atoms with Gasteiger partial charge in [0.2, 0.25) is 0 Å². The van der Waals surface area contributed by atoms with Crippen LogP contribution in [-0.4, -0.2) is 50.8 Å². The maximum atomic E-state index is 11.9. The fraction of sp³-hybridized carbons (Fsp3) is 0.632. The number of piperidine rings is 1. The van der Waals surface area contributed by atoms with Crippen LogP contribution in [0.4, 0.5) is 5.69 Å². The standard InChI is InChI=1S/C19H30N2O4/c1-4-24-19(22)15-12-17(23-3)18(13-16(15)20)25-11-5-8-21-9-6-14(2)7-10-21/h12-14H,4-11,20H2,1-3H3. The molecule has 1 aliphatic rings. The third-order valence-electron chi connectivity index (χ3n) is 4.58. The van der Waals surface area contributed by atoms with Gasteiger partial charge in [-0.2, -0.15) is 0 Å². The summed E-state index contributed by atoms with van der Waals surface area (Å²) in [5, 5.41) is 0. The number of esters is 1. The summed E-state index contributed by atoms with van der Waals surface area (Å²) >= 11 is 0. The minimum atomic E-state index is -0.454. The Bertz CT molecular complexity index is 569. The highest BCUT2D eigenvalue weighted by molar-refractivity contribution is 5.96. The Balaban J connectivity index is 1.88. The number of carbonyl (C=O) groups is 1. The number of hydrogen-bond donors (Lipinski definition) is 1. The summed E-state index contributed by atoms with van der Waals surface area (Å²) in [6, 6.07) is 3.21. The van der Waals surface area contributed by atoms with Gasteiger partial charge in [0, 0.05) is 18.7 Å². The van der Waals surface area contributed by atoms with Crippen molar-refractivity contribution in [1.82, 2.24) is 4.90 Å². The molecular formula is C19H30N2O4. The number of nitrogens with zero attached hydrogens (tertiary/aromatic N) is 1. The smallest absolute Gasteiger partial charge is 0.340 e. The maximum Gasteiger partial charge on any atom is 0.340 e. The average Bonchev–Trinajstić information content (AvgIpc) is 2.60. The van der Waals surface area contributed by atoms with E-state index in [1.165, 1.54) is 25.9 Å². The highest BCUT2D eigenvalue weighted by atomic mass is 16.5. The summed E-state index contributed by atoms with van der Waals surface area (Å²) in [5.74, 6) is 1.44. The molecule has 1 aromatic carbocycles. The first-order valence-corrected chi connectivity index (χ1v) is 9.05. The van der Waals surface area contributed by atoms with E-state index in [0.29, 0.717) is 36.0 Å². The lowest BCUT2D eigenvalue weighted by atomic mass is 9.99. The average molecular weight is 350 g/mol. The topological polar surface area (TPSA) is 74.0 Å². The Morgan fingerprint density at radius 2 is 2.00 bits per heavy atom.